The summed E-state index contributed by atoms with van der Waals surface area (Å²) in [6.07, 6.45) is 0. The SMILES string of the molecule is CC(C(=O)Nc1ccccc1C#N)N(C)Cc1ccsc1. The molecule has 1 amide bonds. The molecule has 21 heavy (non-hydrogen) atoms. The van der Waals surface area contributed by atoms with E-state index in [-0.39, 0.29) is 11.9 Å². The fourth-order valence-electron chi connectivity index (χ4n) is 1.93. The molecule has 0 fully saturated rings. The van der Waals surface area contributed by atoms with Crippen LogP contribution in [0.3, 0.4) is 0 Å². The van der Waals surface area contributed by atoms with Crippen molar-refractivity contribution in [3.63, 3.8) is 0 Å². The average Bonchev–Trinajstić information content (AvgIpc) is 2.99. The van der Waals surface area contributed by atoms with Gasteiger partial charge in [0.1, 0.15) is 6.07 Å². The van der Waals surface area contributed by atoms with E-state index in [0.29, 0.717) is 11.3 Å². The van der Waals surface area contributed by atoms with Crippen LogP contribution in [0.15, 0.2) is 41.1 Å². The van der Waals surface area contributed by atoms with Gasteiger partial charge in [-0.3, -0.25) is 9.69 Å². The average molecular weight is 299 g/mol. The maximum atomic E-state index is 12.3. The number of hydrogen-bond donors (Lipinski definition) is 1. The minimum absolute atomic E-state index is 0.115. The Balaban J connectivity index is 2.01. The maximum Gasteiger partial charge on any atom is 0.241 e. The van der Waals surface area contributed by atoms with Gasteiger partial charge in [0.25, 0.3) is 0 Å². The molecule has 0 spiro atoms. The van der Waals surface area contributed by atoms with Crippen molar-refractivity contribution in [1.82, 2.24) is 4.90 Å². The number of hydrogen-bond acceptors (Lipinski definition) is 4. The van der Waals surface area contributed by atoms with Crippen molar-refractivity contribution in [1.29, 1.82) is 5.26 Å². The van der Waals surface area contributed by atoms with Crippen LogP contribution in [0.1, 0.15) is 18.1 Å². The summed E-state index contributed by atoms with van der Waals surface area (Å²) in [5.74, 6) is -0.115. The Morgan fingerprint density at radius 1 is 1.43 bits per heavy atom. The summed E-state index contributed by atoms with van der Waals surface area (Å²) in [6.45, 7) is 2.58. The van der Waals surface area contributed by atoms with Crippen LogP contribution in [0.5, 0.6) is 0 Å². The monoisotopic (exact) mass is 299 g/mol. The highest BCUT2D eigenvalue weighted by Gasteiger charge is 2.19. The lowest BCUT2D eigenvalue weighted by Gasteiger charge is -2.23. The van der Waals surface area contributed by atoms with Gasteiger partial charge in [0.05, 0.1) is 17.3 Å². The molecule has 0 aliphatic carbocycles. The van der Waals surface area contributed by atoms with Gasteiger partial charge in [0.2, 0.25) is 5.91 Å². The molecule has 0 bridgehead atoms. The van der Waals surface area contributed by atoms with E-state index in [1.54, 1.807) is 35.6 Å². The van der Waals surface area contributed by atoms with E-state index in [0.717, 1.165) is 6.54 Å². The largest absolute Gasteiger partial charge is 0.324 e. The summed E-state index contributed by atoms with van der Waals surface area (Å²) in [5.41, 5.74) is 2.22. The minimum atomic E-state index is -0.281. The van der Waals surface area contributed by atoms with E-state index in [1.807, 2.05) is 24.3 Å². The molecule has 0 saturated heterocycles. The van der Waals surface area contributed by atoms with E-state index in [9.17, 15) is 4.79 Å². The Morgan fingerprint density at radius 3 is 2.86 bits per heavy atom. The van der Waals surface area contributed by atoms with Crippen LogP contribution in [0, 0.1) is 11.3 Å². The molecule has 1 aromatic carbocycles. The molecule has 1 N–H and O–H groups in total. The smallest absolute Gasteiger partial charge is 0.241 e. The van der Waals surface area contributed by atoms with Gasteiger partial charge in [-0.15, -0.1) is 0 Å². The molecule has 1 atom stereocenters. The maximum absolute atomic E-state index is 12.3. The third-order valence-electron chi connectivity index (χ3n) is 3.36. The van der Waals surface area contributed by atoms with Crippen LogP contribution in [-0.2, 0) is 11.3 Å². The van der Waals surface area contributed by atoms with Crippen molar-refractivity contribution < 1.29 is 4.79 Å². The topological polar surface area (TPSA) is 56.1 Å². The molecule has 1 aromatic heterocycles. The van der Waals surface area contributed by atoms with Crippen molar-refractivity contribution in [2.24, 2.45) is 0 Å². The van der Waals surface area contributed by atoms with E-state index in [1.165, 1.54) is 5.56 Å². The molecular weight excluding hydrogens is 282 g/mol. The van der Waals surface area contributed by atoms with Gasteiger partial charge >= 0.3 is 0 Å². The Kier molecular flexibility index (Phi) is 5.09. The first-order valence-corrected chi connectivity index (χ1v) is 7.57. The Morgan fingerprint density at radius 2 is 2.19 bits per heavy atom. The number of likely N-dealkylation sites (N-methyl/N-ethyl adjacent to an activating group) is 1. The minimum Gasteiger partial charge on any atom is -0.324 e. The number of para-hydroxylation sites is 1. The first-order valence-electron chi connectivity index (χ1n) is 6.63. The number of anilines is 1. The van der Waals surface area contributed by atoms with Gasteiger partial charge in [0.15, 0.2) is 0 Å². The van der Waals surface area contributed by atoms with Crippen molar-refractivity contribution in [2.75, 3.05) is 12.4 Å². The second-order valence-electron chi connectivity index (χ2n) is 4.87. The van der Waals surface area contributed by atoms with E-state index < -0.39 is 0 Å². The summed E-state index contributed by atoms with van der Waals surface area (Å²) in [7, 11) is 1.91. The molecule has 1 heterocycles. The molecule has 2 rings (SSSR count). The fraction of sp³-hybridized carbons (Fsp3) is 0.250. The molecule has 0 radical (unpaired) electrons. The van der Waals surface area contributed by atoms with E-state index in [4.69, 9.17) is 5.26 Å². The quantitative estimate of drug-likeness (QED) is 0.923. The second-order valence-corrected chi connectivity index (χ2v) is 5.65. The first-order chi connectivity index (χ1) is 10.1. The zero-order chi connectivity index (χ0) is 15.2. The summed E-state index contributed by atoms with van der Waals surface area (Å²) >= 11 is 1.65. The number of amides is 1. The number of thiophene rings is 1. The van der Waals surface area contributed by atoms with E-state index >= 15 is 0 Å². The molecule has 0 aliphatic rings. The highest BCUT2D eigenvalue weighted by atomic mass is 32.1. The fourth-order valence-corrected chi connectivity index (χ4v) is 2.59. The van der Waals surface area contributed by atoms with Gasteiger partial charge in [-0.05, 0) is 48.5 Å². The molecule has 0 aliphatic heterocycles. The van der Waals surface area contributed by atoms with Gasteiger partial charge in [-0.2, -0.15) is 16.6 Å². The lowest BCUT2D eigenvalue weighted by Crippen LogP contribution is -2.39. The summed E-state index contributed by atoms with van der Waals surface area (Å²) in [6, 6.07) is 10.9. The normalized spacial score (nSPS) is 11.9. The number of nitrogens with one attached hydrogen (secondary N) is 1. The third kappa shape index (κ3) is 3.91. The Bertz CT molecular complexity index is 646. The molecule has 2 aromatic rings. The van der Waals surface area contributed by atoms with Crippen molar-refractivity contribution >= 4 is 22.9 Å². The third-order valence-corrected chi connectivity index (χ3v) is 4.09. The molecular formula is C16H17N3OS. The van der Waals surface area contributed by atoms with Crippen LogP contribution >= 0.6 is 11.3 Å². The highest BCUT2D eigenvalue weighted by molar-refractivity contribution is 7.07. The zero-order valence-corrected chi connectivity index (χ0v) is 12.9. The summed E-state index contributed by atoms with van der Waals surface area (Å²) in [4.78, 5) is 14.3. The number of carbonyl (C=O) groups is 1. The Hall–Kier alpha value is -2.16. The van der Waals surface area contributed by atoms with Crippen LogP contribution in [-0.4, -0.2) is 23.9 Å². The number of carbonyl (C=O) groups excluding carboxylic acids is 1. The molecule has 108 valence electrons. The molecule has 0 saturated carbocycles. The van der Waals surface area contributed by atoms with Crippen LogP contribution in [0.4, 0.5) is 5.69 Å². The molecule has 1 unspecified atom stereocenters. The van der Waals surface area contributed by atoms with Crippen LogP contribution < -0.4 is 5.32 Å². The first kappa shape index (κ1) is 15.2. The van der Waals surface area contributed by atoms with Crippen molar-refractivity contribution in [3.8, 4) is 6.07 Å². The Labute approximate surface area is 128 Å². The van der Waals surface area contributed by atoms with Crippen molar-refractivity contribution in [3.05, 3.63) is 52.2 Å². The van der Waals surface area contributed by atoms with E-state index in [2.05, 4.69) is 22.8 Å². The zero-order valence-electron chi connectivity index (χ0n) is 12.0. The van der Waals surface area contributed by atoms with Crippen LogP contribution in [0.2, 0.25) is 0 Å². The lowest BCUT2D eigenvalue weighted by atomic mass is 10.1. The number of nitrogens with zero attached hydrogens (tertiary/aromatic N) is 2. The summed E-state index contributed by atoms with van der Waals surface area (Å²) in [5, 5.41) is 16.0. The molecule has 5 heteroatoms. The second kappa shape index (κ2) is 7.02. The van der Waals surface area contributed by atoms with Gasteiger partial charge < -0.3 is 5.32 Å². The summed E-state index contributed by atoms with van der Waals surface area (Å²) < 4.78 is 0. The van der Waals surface area contributed by atoms with Gasteiger partial charge in [-0.1, -0.05) is 12.1 Å². The number of nitriles is 1. The van der Waals surface area contributed by atoms with Gasteiger partial charge in [-0.25, -0.2) is 0 Å². The number of benzene rings is 1. The predicted octanol–water partition coefficient (Wildman–Crippen LogP) is 3.08. The predicted molar refractivity (Wildman–Crippen MR) is 85.0 cm³/mol. The van der Waals surface area contributed by atoms with Gasteiger partial charge in [0, 0.05) is 6.54 Å². The lowest BCUT2D eigenvalue weighted by molar-refractivity contribution is -0.120. The molecule has 4 nitrogen and oxygen atoms in total. The highest BCUT2D eigenvalue weighted by Crippen LogP contribution is 2.15. The van der Waals surface area contributed by atoms with Crippen LogP contribution in [0.25, 0.3) is 0 Å². The number of rotatable bonds is 5. The van der Waals surface area contributed by atoms with Crippen molar-refractivity contribution in [2.45, 2.75) is 19.5 Å². The standard InChI is InChI=1S/C16H17N3OS/c1-12(19(2)10-13-7-8-21-11-13)16(20)18-15-6-4-3-5-14(15)9-17/h3-8,11-12H,10H2,1-2H3,(H,18,20).